The minimum absolute atomic E-state index is 0.214. The summed E-state index contributed by atoms with van der Waals surface area (Å²) in [5.41, 5.74) is 1.24. The van der Waals surface area contributed by atoms with Crippen LogP contribution in [0.3, 0.4) is 0 Å². The number of hydrogen-bond donors (Lipinski definition) is 2. The number of methoxy groups -OCH3 is 1. The molecule has 1 aromatic carbocycles. The number of phenolic OH excluding ortho intramolecular Hbond substituents is 1. The molecule has 0 saturated carbocycles. The molecule has 0 fully saturated rings. The lowest BCUT2D eigenvalue weighted by atomic mass is 10.3. The summed E-state index contributed by atoms with van der Waals surface area (Å²) in [7, 11) is 1.32. The van der Waals surface area contributed by atoms with Crippen LogP contribution < -0.4 is 5.32 Å². The molecular weight excluding hydrogens is 234 g/mol. The SMILES string of the molecule is COC(=O)c1coc(CNc2ccc(O)cc2)c1. The fraction of sp³-hybridized carbons (Fsp3) is 0.154. The lowest BCUT2D eigenvalue weighted by Crippen LogP contribution is -2.00. The van der Waals surface area contributed by atoms with Crippen LogP contribution in [-0.2, 0) is 11.3 Å². The molecule has 0 aliphatic heterocycles. The maximum Gasteiger partial charge on any atom is 0.341 e. The van der Waals surface area contributed by atoms with Crippen molar-refractivity contribution in [3.05, 3.63) is 47.9 Å². The molecule has 0 radical (unpaired) electrons. The third-order valence-electron chi connectivity index (χ3n) is 2.41. The minimum atomic E-state index is -0.422. The largest absolute Gasteiger partial charge is 0.508 e. The number of carbonyl (C=O) groups excluding carboxylic acids is 1. The highest BCUT2D eigenvalue weighted by Crippen LogP contribution is 2.15. The Kier molecular flexibility index (Phi) is 3.52. The number of aromatic hydroxyl groups is 1. The van der Waals surface area contributed by atoms with Crippen LogP contribution in [0.15, 0.2) is 41.0 Å². The van der Waals surface area contributed by atoms with E-state index in [0.717, 1.165) is 5.69 Å². The highest BCUT2D eigenvalue weighted by molar-refractivity contribution is 5.88. The highest BCUT2D eigenvalue weighted by atomic mass is 16.5. The first kappa shape index (κ1) is 12.0. The van der Waals surface area contributed by atoms with Crippen LogP contribution in [0, 0.1) is 0 Å². The fourth-order valence-corrected chi connectivity index (χ4v) is 1.47. The molecule has 0 saturated heterocycles. The molecule has 0 aliphatic rings. The van der Waals surface area contributed by atoms with Gasteiger partial charge in [0.2, 0.25) is 0 Å². The number of esters is 1. The number of anilines is 1. The summed E-state index contributed by atoms with van der Waals surface area (Å²) in [6.45, 7) is 0.446. The molecule has 1 aromatic heterocycles. The van der Waals surface area contributed by atoms with E-state index in [9.17, 15) is 4.79 Å². The normalized spacial score (nSPS) is 10.1. The lowest BCUT2D eigenvalue weighted by Gasteiger charge is -2.03. The van der Waals surface area contributed by atoms with Crippen molar-refractivity contribution in [2.45, 2.75) is 6.54 Å². The number of rotatable bonds is 4. The van der Waals surface area contributed by atoms with E-state index >= 15 is 0 Å². The maximum absolute atomic E-state index is 11.2. The van der Waals surface area contributed by atoms with Gasteiger partial charge in [0.1, 0.15) is 17.8 Å². The average Bonchev–Trinajstić information content (AvgIpc) is 2.86. The van der Waals surface area contributed by atoms with E-state index in [1.54, 1.807) is 30.3 Å². The zero-order valence-electron chi connectivity index (χ0n) is 9.84. The van der Waals surface area contributed by atoms with Gasteiger partial charge in [0, 0.05) is 5.69 Å². The van der Waals surface area contributed by atoms with Crippen molar-refractivity contribution >= 4 is 11.7 Å². The first-order valence-corrected chi connectivity index (χ1v) is 5.37. The van der Waals surface area contributed by atoms with E-state index in [2.05, 4.69) is 10.1 Å². The Morgan fingerprint density at radius 3 is 2.78 bits per heavy atom. The minimum Gasteiger partial charge on any atom is -0.508 e. The van der Waals surface area contributed by atoms with Gasteiger partial charge in [-0.05, 0) is 30.3 Å². The van der Waals surface area contributed by atoms with Crippen LogP contribution in [0.1, 0.15) is 16.1 Å². The van der Waals surface area contributed by atoms with Gasteiger partial charge in [-0.3, -0.25) is 0 Å². The molecule has 2 aromatic rings. The summed E-state index contributed by atoms with van der Waals surface area (Å²) < 4.78 is 9.80. The van der Waals surface area contributed by atoms with Gasteiger partial charge in [0.15, 0.2) is 0 Å². The summed E-state index contributed by atoms with van der Waals surface area (Å²) in [6, 6.07) is 8.30. The van der Waals surface area contributed by atoms with Gasteiger partial charge in [-0.2, -0.15) is 0 Å². The number of hydrogen-bond acceptors (Lipinski definition) is 5. The quantitative estimate of drug-likeness (QED) is 0.641. The molecule has 0 atom stereocenters. The second-order valence-electron chi connectivity index (χ2n) is 3.69. The molecule has 0 unspecified atom stereocenters. The molecule has 5 nitrogen and oxygen atoms in total. The molecule has 0 spiro atoms. The predicted molar refractivity (Wildman–Crippen MR) is 65.5 cm³/mol. The van der Waals surface area contributed by atoms with Gasteiger partial charge in [-0.1, -0.05) is 0 Å². The Morgan fingerprint density at radius 2 is 2.11 bits per heavy atom. The number of phenols is 1. The van der Waals surface area contributed by atoms with Crippen molar-refractivity contribution in [1.82, 2.24) is 0 Å². The third-order valence-corrected chi connectivity index (χ3v) is 2.41. The smallest absolute Gasteiger partial charge is 0.341 e. The Labute approximate surface area is 104 Å². The van der Waals surface area contributed by atoms with Gasteiger partial charge in [0.25, 0.3) is 0 Å². The zero-order valence-corrected chi connectivity index (χ0v) is 9.84. The summed E-state index contributed by atoms with van der Waals surface area (Å²) >= 11 is 0. The predicted octanol–water partition coefficient (Wildman–Crippen LogP) is 2.38. The summed E-state index contributed by atoms with van der Waals surface area (Å²) in [5, 5.41) is 12.2. The number of carbonyl (C=O) groups is 1. The van der Waals surface area contributed by atoms with Crippen LogP contribution in [0.2, 0.25) is 0 Å². The van der Waals surface area contributed by atoms with E-state index in [0.29, 0.717) is 17.9 Å². The zero-order chi connectivity index (χ0) is 13.0. The van der Waals surface area contributed by atoms with Crippen molar-refractivity contribution in [1.29, 1.82) is 0 Å². The van der Waals surface area contributed by atoms with Crippen molar-refractivity contribution < 1.29 is 19.1 Å². The molecule has 1 heterocycles. The Hall–Kier alpha value is -2.43. The van der Waals surface area contributed by atoms with Crippen molar-refractivity contribution in [2.24, 2.45) is 0 Å². The summed E-state index contributed by atoms with van der Waals surface area (Å²) in [6.07, 6.45) is 1.36. The third kappa shape index (κ3) is 2.82. The summed E-state index contributed by atoms with van der Waals surface area (Å²) in [4.78, 5) is 11.2. The number of furan rings is 1. The molecule has 2 rings (SSSR count). The van der Waals surface area contributed by atoms with Crippen molar-refractivity contribution in [3.8, 4) is 5.75 Å². The molecule has 2 N–H and O–H groups in total. The average molecular weight is 247 g/mol. The Morgan fingerprint density at radius 1 is 1.39 bits per heavy atom. The number of ether oxygens (including phenoxy) is 1. The standard InChI is InChI=1S/C13H13NO4/c1-17-13(16)9-6-12(18-8-9)7-14-10-2-4-11(15)5-3-10/h2-6,8,14-15H,7H2,1H3. The van der Waals surface area contributed by atoms with Crippen molar-refractivity contribution in [3.63, 3.8) is 0 Å². The van der Waals surface area contributed by atoms with E-state index in [-0.39, 0.29) is 5.75 Å². The number of benzene rings is 1. The topological polar surface area (TPSA) is 71.7 Å². The van der Waals surface area contributed by atoms with Gasteiger partial charge in [-0.15, -0.1) is 0 Å². The number of nitrogens with one attached hydrogen (secondary N) is 1. The first-order chi connectivity index (χ1) is 8.69. The van der Waals surface area contributed by atoms with Crippen LogP contribution in [0.5, 0.6) is 5.75 Å². The van der Waals surface area contributed by atoms with Gasteiger partial charge >= 0.3 is 5.97 Å². The summed E-state index contributed by atoms with van der Waals surface area (Å²) in [5.74, 6) is 0.421. The van der Waals surface area contributed by atoms with Crippen LogP contribution in [0.4, 0.5) is 5.69 Å². The first-order valence-electron chi connectivity index (χ1n) is 5.37. The maximum atomic E-state index is 11.2. The second-order valence-corrected chi connectivity index (χ2v) is 3.69. The Balaban J connectivity index is 1.96. The molecule has 0 bridgehead atoms. The van der Waals surface area contributed by atoms with Gasteiger partial charge in [0.05, 0.1) is 19.2 Å². The molecule has 18 heavy (non-hydrogen) atoms. The highest BCUT2D eigenvalue weighted by Gasteiger charge is 2.09. The monoisotopic (exact) mass is 247 g/mol. The van der Waals surface area contributed by atoms with E-state index in [1.165, 1.54) is 13.4 Å². The van der Waals surface area contributed by atoms with Crippen LogP contribution >= 0.6 is 0 Å². The van der Waals surface area contributed by atoms with Gasteiger partial charge < -0.3 is 19.6 Å². The van der Waals surface area contributed by atoms with E-state index in [4.69, 9.17) is 9.52 Å². The molecule has 5 heteroatoms. The molecular formula is C13H13NO4. The second kappa shape index (κ2) is 5.27. The van der Waals surface area contributed by atoms with Crippen LogP contribution in [0.25, 0.3) is 0 Å². The lowest BCUT2D eigenvalue weighted by molar-refractivity contribution is 0.0600. The van der Waals surface area contributed by atoms with E-state index in [1.807, 2.05) is 0 Å². The van der Waals surface area contributed by atoms with Crippen molar-refractivity contribution in [2.75, 3.05) is 12.4 Å². The molecule has 94 valence electrons. The molecule has 0 amide bonds. The molecule has 0 aliphatic carbocycles. The Bertz CT molecular complexity index is 530. The van der Waals surface area contributed by atoms with Gasteiger partial charge in [-0.25, -0.2) is 4.79 Å². The van der Waals surface area contributed by atoms with Crippen LogP contribution in [-0.4, -0.2) is 18.2 Å². The van der Waals surface area contributed by atoms with E-state index < -0.39 is 5.97 Å². The fourth-order valence-electron chi connectivity index (χ4n) is 1.47.